The van der Waals surface area contributed by atoms with Crippen molar-refractivity contribution in [3.05, 3.63) is 29.3 Å². The number of halogens is 2. The second-order valence-electron chi connectivity index (χ2n) is 6.49. The molecule has 0 aromatic heterocycles. The quantitative estimate of drug-likeness (QED) is 0.543. The number of hydrogen-bond donors (Lipinski definition) is 0. The summed E-state index contributed by atoms with van der Waals surface area (Å²) in [4.78, 5) is 0. The van der Waals surface area contributed by atoms with E-state index in [-0.39, 0.29) is 11.7 Å². The number of ether oxygens (including phenoxy) is 1. The molecular formula is C19H28F2O. The Labute approximate surface area is 133 Å². The highest BCUT2D eigenvalue weighted by atomic mass is 19.2. The summed E-state index contributed by atoms with van der Waals surface area (Å²) in [5.74, 6) is -0.537. The molecule has 124 valence electrons. The van der Waals surface area contributed by atoms with Crippen molar-refractivity contribution < 1.29 is 13.5 Å². The van der Waals surface area contributed by atoms with E-state index in [4.69, 9.17) is 4.74 Å². The minimum absolute atomic E-state index is 0.0503. The molecule has 1 fully saturated rings. The SMILES string of the molecule is CCCCOc1ccc(C2CCC(CCC)CC2)c(F)c1F. The zero-order valence-corrected chi connectivity index (χ0v) is 13.8. The summed E-state index contributed by atoms with van der Waals surface area (Å²) in [5.41, 5.74) is 0.537. The molecule has 0 saturated heterocycles. The molecule has 0 spiro atoms. The van der Waals surface area contributed by atoms with Crippen LogP contribution in [0.15, 0.2) is 12.1 Å². The molecule has 0 atom stereocenters. The average Bonchev–Trinajstić information content (AvgIpc) is 2.53. The molecule has 0 N–H and O–H groups in total. The lowest BCUT2D eigenvalue weighted by Crippen LogP contribution is -2.15. The Kier molecular flexibility index (Phi) is 6.66. The van der Waals surface area contributed by atoms with Gasteiger partial charge >= 0.3 is 0 Å². The van der Waals surface area contributed by atoms with Crippen LogP contribution < -0.4 is 4.74 Å². The lowest BCUT2D eigenvalue weighted by Gasteiger charge is -2.29. The highest BCUT2D eigenvalue weighted by Gasteiger charge is 2.26. The molecule has 0 aliphatic heterocycles. The summed E-state index contributed by atoms with van der Waals surface area (Å²) in [6, 6.07) is 3.33. The van der Waals surface area contributed by atoms with Crippen LogP contribution in [0.2, 0.25) is 0 Å². The fourth-order valence-corrected chi connectivity index (χ4v) is 3.47. The molecule has 0 unspecified atom stereocenters. The third-order valence-electron chi connectivity index (χ3n) is 4.82. The molecule has 3 heteroatoms. The van der Waals surface area contributed by atoms with Gasteiger partial charge in [-0.25, -0.2) is 4.39 Å². The maximum atomic E-state index is 14.3. The largest absolute Gasteiger partial charge is 0.490 e. The molecule has 0 amide bonds. The van der Waals surface area contributed by atoms with E-state index < -0.39 is 11.6 Å². The standard InChI is InChI=1S/C19H28F2O/c1-3-5-13-22-17-12-11-16(18(20)19(17)21)15-9-7-14(6-4-2)8-10-15/h11-12,14-15H,3-10,13H2,1-2H3. The molecule has 1 aliphatic rings. The second kappa shape index (κ2) is 8.50. The molecule has 1 nitrogen and oxygen atoms in total. The highest BCUT2D eigenvalue weighted by Crippen LogP contribution is 2.39. The van der Waals surface area contributed by atoms with Crippen LogP contribution in [0.1, 0.15) is 76.7 Å². The molecule has 1 saturated carbocycles. The minimum Gasteiger partial charge on any atom is -0.490 e. The van der Waals surface area contributed by atoms with E-state index >= 15 is 0 Å². The van der Waals surface area contributed by atoms with Crippen LogP contribution in [0.5, 0.6) is 5.75 Å². The van der Waals surface area contributed by atoms with Crippen molar-refractivity contribution in [2.24, 2.45) is 5.92 Å². The van der Waals surface area contributed by atoms with Gasteiger partial charge in [0.25, 0.3) is 0 Å². The predicted octanol–water partition coefficient (Wildman–Crippen LogP) is 6.22. The summed E-state index contributed by atoms with van der Waals surface area (Å²) in [6.45, 7) is 4.69. The Balaban J connectivity index is 2.02. The van der Waals surface area contributed by atoms with Crippen molar-refractivity contribution in [1.29, 1.82) is 0 Å². The lowest BCUT2D eigenvalue weighted by molar-refractivity contribution is 0.283. The molecule has 22 heavy (non-hydrogen) atoms. The monoisotopic (exact) mass is 310 g/mol. The van der Waals surface area contributed by atoms with E-state index in [1.165, 1.54) is 12.8 Å². The van der Waals surface area contributed by atoms with Gasteiger partial charge in [0, 0.05) is 0 Å². The molecule has 1 aromatic carbocycles. The van der Waals surface area contributed by atoms with Crippen LogP contribution in [-0.2, 0) is 0 Å². The van der Waals surface area contributed by atoms with Crippen LogP contribution >= 0.6 is 0 Å². The summed E-state index contributed by atoms with van der Waals surface area (Å²) >= 11 is 0. The average molecular weight is 310 g/mol. The van der Waals surface area contributed by atoms with Crippen LogP contribution in [0.25, 0.3) is 0 Å². The van der Waals surface area contributed by atoms with Gasteiger partial charge in [0.1, 0.15) is 0 Å². The van der Waals surface area contributed by atoms with Crippen molar-refractivity contribution >= 4 is 0 Å². The van der Waals surface area contributed by atoms with Crippen molar-refractivity contribution in [3.63, 3.8) is 0 Å². The van der Waals surface area contributed by atoms with Gasteiger partial charge in [-0.15, -0.1) is 0 Å². The molecule has 0 heterocycles. The van der Waals surface area contributed by atoms with Gasteiger partial charge < -0.3 is 4.74 Å². The topological polar surface area (TPSA) is 9.23 Å². The Morgan fingerprint density at radius 3 is 2.36 bits per heavy atom. The van der Waals surface area contributed by atoms with Crippen LogP contribution in [0.3, 0.4) is 0 Å². The normalized spacial score (nSPS) is 21.8. The summed E-state index contributed by atoms with van der Waals surface area (Å²) < 4.78 is 33.8. The van der Waals surface area contributed by atoms with Crippen molar-refractivity contribution in [2.75, 3.05) is 6.61 Å². The molecule has 2 rings (SSSR count). The molecule has 0 bridgehead atoms. The van der Waals surface area contributed by atoms with Crippen molar-refractivity contribution in [2.45, 2.75) is 71.1 Å². The molecule has 1 aromatic rings. The highest BCUT2D eigenvalue weighted by molar-refractivity contribution is 5.33. The van der Waals surface area contributed by atoms with Crippen molar-refractivity contribution in [3.8, 4) is 5.75 Å². The maximum absolute atomic E-state index is 14.3. The van der Waals surface area contributed by atoms with E-state index in [1.54, 1.807) is 12.1 Å². The smallest absolute Gasteiger partial charge is 0.200 e. The van der Waals surface area contributed by atoms with Gasteiger partial charge in [0.2, 0.25) is 5.82 Å². The van der Waals surface area contributed by atoms with E-state index in [0.29, 0.717) is 12.2 Å². The maximum Gasteiger partial charge on any atom is 0.200 e. The van der Waals surface area contributed by atoms with Gasteiger partial charge in [0.15, 0.2) is 11.6 Å². The van der Waals surface area contributed by atoms with E-state index in [1.807, 2.05) is 6.92 Å². The van der Waals surface area contributed by atoms with Gasteiger partial charge in [-0.1, -0.05) is 39.2 Å². The molecule has 0 radical (unpaired) electrons. The Morgan fingerprint density at radius 1 is 1.00 bits per heavy atom. The summed E-state index contributed by atoms with van der Waals surface area (Å²) in [6.07, 6.45) is 8.50. The van der Waals surface area contributed by atoms with Crippen LogP contribution in [0.4, 0.5) is 8.78 Å². The number of rotatable bonds is 7. The number of unbranched alkanes of at least 4 members (excludes halogenated alkanes) is 1. The first kappa shape index (κ1) is 17.2. The lowest BCUT2D eigenvalue weighted by atomic mass is 9.77. The Bertz CT molecular complexity index is 465. The van der Waals surface area contributed by atoms with Gasteiger partial charge in [0.05, 0.1) is 6.61 Å². The number of benzene rings is 1. The van der Waals surface area contributed by atoms with Crippen LogP contribution in [0, 0.1) is 17.6 Å². The van der Waals surface area contributed by atoms with E-state index in [0.717, 1.165) is 44.4 Å². The fourth-order valence-electron chi connectivity index (χ4n) is 3.47. The van der Waals surface area contributed by atoms with E-state index in [9.17, 15) is 8.78 Å². The summed E-state index contributed by atoms with van der Waals surface area (Å²) in [7, 11) is 0. The first-order chi connectivity index (χ1) is 10.7. The third-order valence-corrected chi connectivity index (χ3v) is 4.82. The second-order valence-corrected chi connectivity index (χ2v) is 6.49. The predicted molar refractivity (Wildman–Crippen MR) is 86.4 cm³/mol. The minimum atomic E-state index is -0.815. The Hall–Kier alpha value is -1.12. The van der Waals surface area contributed by atoms with Gasteiger partial charge in [-0.3, -0.25) is 0 Å². The molecular weight excluding hydrogens is 282 g/mol. The first-order valence-electron chi connectivity index (χ1n) is 8.78. The molecule has 1 aliphatic carbocycles. The summed E-state index contributed by atoms with van der Waals surface area (Å²) in [5, 5.41) is 0. The van der Waals surface area contributed by atoms with Gasteiger partial charge in [-0.05, 0) is 55.6 Å². The van der Waals surface area contributed by atoms with Crippen molar-refractivity contribution in [1.82, 2.24) is 0 Å². The van der Waals surface area contributed by atoms with Gasteiger partial charge in [-0.2, -0.15) is 4.39 Å². The zero-order valence-electron chi connectivity index (χ0n) is 13.8. The van der Waals surface area contributed by atoms with Crippen LogP contribution in [-0.4, -0.2) is 6.61 Å². The third kappa shape index (κ3) is 4.21. The zero-order chi connectivity index (χ0) is 15.9. The first-order valence-corrected chi connectivity index (χ1v) is 8.78. The Morgan fingerprint density at radius 2 is 1.73 bits per heavy atom. The number of hydrogen-bond acceptors (Lipinski definition) is 1. The van der Waals surface area contributed by atoms with E-state index in [2.05, 4.69) is 6.92 Å². The fraction of sp³-hybridized carbons (Fsp3) is 0.684.